The molecule has 1 aromatic carbocycles. The highest BCUT2D eigenvalue weighted by Gasteiger charge is 2.33. The minimum Gasteiger partial charge on any atom is -0.341 e. The monoisotopic (exact) mass is 458 g/mol. The van der Waals surface area contributed by atoms with Gasteiger partial charge in [0, 0.05) is 30.9 Å². The third kappa shape index (κ3) is 4.76. The largest absolute Gasteiger partial charge is 0.341 e. The predicted molar refractivity (Wildman–Crippen MR) is 125 cm³/mol. The Balaban J connectivity index is 1.60. The van der Waals surface area contributed by atoms with E-state index in [9.17, 15) is 13.2 Å². The second kappa shape index (κ2) is 9.35. The average Bonchev–Trinajstić information content (AvgIpc) is 3.28. The van der Waals surface area contributed by atoms with Gasteiger partial charge in [0.1, 0.15) is 6.04 Å². The molecule has 7 nitrogen and oxygen atoms in total. The number of likely N-dealkylation sites (N-methyl/N-ethyl adjacent to an activating group) is 1. The van der Waals surface area contributed by atoms with Crippen molar-refractivity contribution < 1.29 is 13.2 Å². The average molecular weight is 459 g/mol. The topological polar surface area (TPSA) is 75.5 Å². The van der Waals surface area contributed by atoms with Gasteiger partial charge in [-0.1, -0.05) is 30.3 Å². The van der Waals surface area contributed by atoms with Crippen molar-refractivity contribution >= 4 is 15.7 Å². The fourth-order valence-corrected chi connectivity index (χ4v) is 6.79. The second-order valence-corrected chi connectivity index (χ2v) is 11.5. The summed E-state index contributed by atoms with van der Waals surface area (Å²) in [7, 11) is -0.986. The van der Waals surface area contributed by atoms with Crippen LogP contribution >= 0.6 is 0 Å². The maximum Gasteiger partial charge on any atom is 0.244 e. The van der Waals surface area contributed by atoms with E-state index >= 15 is 0 Å². The number of hydrogen-bond donors (Lipinski definition) is 0. The molecule has 2 saturated heterocycles. The van der Waals surface area contributed by atoms with Crippen LogP contribution in [0.5, 0.6) is 0 Å². The van der Waals surface area contributed by atoms with Crippen LogP contribution in [0.1, 0.15) is 60.3 Å². The summed E-state index contributed by atoms with van der Waals surface area (Å²) in [6.45, 7) is 6.21. The molecule has 0 saturated carbocycles. The Bertz CT molecular complexity index is 1060. The Labute approximate surface area is 191 Å². The fourth-order valence-electron chi connectivity index (χ4n) is 5.10. The number of likely N-dealkylation sites (tertiary alicyclic amines) is 1. The normalized spacial score (nSPS) is 21.8. The number of hydrogen-bond acceptors (Lipinski definition) is 5. The molecule has 2 aliphatic heterocycles. The zero-order valence-corrected chi connectivity index (χ0v) is 20.1. The molecule has 174 valence electrons. The van der Waals surface area contributed by atoms with E-state index in [0.717, 1.165) is 48.4 Å². The highest BCUT2D eigenvalue weighted by Crippen LogP contribution is 2.30. The summed E-state index contributed by atoms with van der Waals surface area (Å²) >= 11 is 0. The number of sulfone groups is 1. The van der Waals surface area contributed by atoms with Gasteiger partial charge >= 0.3 is 0 Å². The highest BCUT2D eigenvalue weighted by atomic mass is 32.2. The first-order chi connectivity index (χ1) is 15.3. The number of rotatable bonds is 6. The molecule has 32 heavy (non-hydrogen) atoms. The van der Waals surface area contributed by atoms with E-state index < -0.39 is 9.84 Å². The van der Waals surface area contributed by atoms with Crippen LogP contribution in [-0.2, 0) is 21.2 Å². The van der Waals surface area contributed by atoms with Crippen molar-refractivity contribution in [3.05, 3.63) is 52.8 Å². The van der Waals surface area contributed by atoms with E-state index in [1.54, 1.807) is 0 Å². The van der Waals surface area contributed by atoms with Crippen LogP contribution in [0, 0.1) is 13.8 Å². The first kappa shape index (κ1) is 23.0. The third-order valence-electron chi connectivity index (χ3n) is 6.89. The van der Waals surface area contributed by atoms with Crippen molar-refractivity contribution in [1.29, 1.82) is 0 Å². The Morgan fingerprint density at radius 1 is 1.16 bits per heavy atom. The number of nitrogens with zero attached hydrogens (tertiary/aromatic N) is 4. The number of amides is 1. The lowest BCUT2D eigenvalue weighted by atomic mass is 10.0. The van der Waals surface area contributed by atoms with Crippen LogP contribution < -0.4 is 0 Å². The summed E-state index contributed by atoms with van der Waals surface area (Å²) in [5, 5.41) is 4.71. The molecule has 2 aliphatic rings. The molecular weight excluding hydrogens is 424 g/mol. The van der Waals surface area contributed by atoms with Crippen LogP contribution in [0.4, 0.5) is 0 Å². The predicted octanol–water partition coefficient (Wildman–Crippen LogP) is 3.05. The van der Waals surface area contributed by atoms with E-state index in [2.05, 4.69) is 4.90 Å². The third-order valence-corrected chi connectivity index (χ3v) is 8.64. The second-order valence-electron chi connectivity index (χ2n) is 9.27. The number of aryl methyl sites for hydroxylation is 1. The standard InChI is InChI=1S/C24H34N4O3S/c1-18-22(19(2)28(25-18)21-12-15-32(30,31)17-21)16-26(3)23(20-10-6-4-7-11-20)24(29)27-13-8-5-9-14-27/h4,6-7,10-11,21,23H,5,8-9,12-17H2,1-3H3/t21-,23+/m0/s1. The molecular formula is C24H34N4O3S. The van der Waals surface area contributed by atoms with Crippen LogP contribution in [-0.4, -0.2) is 65.5 Å². The van der Waals surface area contributed by atoms with Crippen LogP contribution in [0.25, 0.3) is 0 Å². The van der Waals surface area contributed by atoms with E-state index in [-0.39, 0.29) is 29.5 Å². The first-order valence-electron chi connectivity index (χ1n) is 11.6. The number of benzene rings is 1. The van der Waals surface area contributed by atoms with Gasteiger partial charge in [-0.2, -0.15) is 5.10 Å². The van der Waals surface area contributed by atoms with Gasteiger partial charge in [-0.3, -0.25) is 14.4 Å². The van der Waals surface area contributed by atoms with Crippen LogP contribution in [0.2, 0.25) is 0 Å². The number of piperidine rings is 1. The number of carbonyl (C=O) groups is 1. The molecule has 8 heteroatoms. The molecule has 2 aromatic rings. The van der Waals surface area contributed by atoms with Crippen molar-refractivity contribution in [3.8, 4) is 0 Å². The van der Waals surface area contributed by atoms with Gasteiger partial charge in [0.15, 0.2) is 9.84 Å². The van der Waals surface area contributed by atoms with Gasteiger partial charge < -0.3 is 4.90 Å². The summed E-state index contributed by atoms with van der Waals surface area (Å²) in [6, 6.07) is 9.52. The summed E-state index contributed by atoms with van der Waals surface area (Å²) in [5.41, 5.74) is 3.96. The van der Waals surface area contributed by atoms with Gasteiger partial charge in [0.2, 0.25) is 5.91 Å². The van der Waals surface area contributed by atoms with Gasteiger partial charge in [-0.15, -0.1) is 0 Å². The number of aromatic nitrogens is 2. The Kier molecular flexibility index (Phi) is 6.72. The van der Waals surface area contributed by atoms with Crippen molar-refractivity contribution in [2.75, 3.05) is 31.6 Å². The minimum absolute atomic E-state index is 0.0994. The zero-order chi connectivity index (χ0) is 22.9. The van der Waals surface area contributed by atoms with Crippen molar-refractivity contribution in [3.63, 3.8) is 0 Å². The van der Waals surface area contributed by atoms with Crippen molar-refractivity contribution in [2.45, 2.75) is 58.2 Å². The summed E-state index contributed by atoms with van der Waals surface area (Å²) in [4.78, 5) is 17.7. The molecule has 0 unspecified atom stereocenters. The maximum absolute atomic E-state index is 13.6. The molecule has 1 amide bonds. The lowest BCUT2D eigenvalue weighted by Gasteiger charge is -2.35. The van der Waals surface area contributed by atoms with Crippen molar-refractivity contribution in [1.82, 2.24) is 19.6 Å². The van der Waals surface area contributed by atoms with Gasteiger partial charge in [0.05, 0.1) is 23.2 Å². The van der Waals surface area contributed by atoms with Crippen LogP contribution in [0.15, 0.2) is 30.3 Å². The molecule has 2 atom stereocenters. The van der Waals surface area contributed by atoms with Gasteiger partial charge in [-0.25, -0.2) is 8.42 Å². The van der Waals surface area contributed by atoms with E-state index in [0.29, 0.717) is 13.0 Å². The van der Waals surface area contributed by atoms with Gasteiger partial charge in [-0.05, 0) is 52.1 Å². The lowest BCUT2D eigenvalue weighted by Crippen LogP contribution is -2.43. The Hall–Kier alpha value is -2.19. The molecule has 2 fully saturated rings. The van der Waals surface area contributed by atoms with Crippen molar-refractivity contribution in [2.24, 2.45) is 0 Å². The lowest BCUT2D eigenvalue weighted by molar-refractivity contribution is -0.138. The molecule has 1 aromatic heterocycles. The van der Waals surface area contributed by atoms with E-state index in [1.807, 2.05) is 60.8 Å². The molecule has 0 bridgehead atoms. The van der Waals surface area contributed by atoms with E-state index in [4.69, 9.17) is 5.10 Å². The fraction of sp³-hybridized carbons (Fsp3) is 0.583. The summed E-state index contributed by atoms with van der Waals surface area (Å²) < 4.78 is 25.8. The Morgan fingerprint density at radius 3 is 2.47 bits per heavy atom. The number of carbonyl (C=O) groups excluding carboxylic acids is 1. The van der Waals surface area contributed by atoms with E-state index in [1.165, 1.54) is 6.42 Å². The zero-order valence-electron chi connectivity index (χ0n) is 19.3. The molecule has 4 rings (SSSR count). The maximum atomic E-state index is 13.6. The quantitative estimate of drug-likeness (QED) is 0.665. The van der Waals surface area contributed by atoms with Gasteiger partial charge in [0.25, 0.3) is 0 Å². The molecule has 0 aliphatic carbocycles. The smallest absolute Gasteiger partial charge is 0.244 e. The highest BCUT2D eigenvalue weighted by molar-refractivity contribution is 7.91. The molecule has 0 spiro atoms. The first-order valence-corrected chi connectivity index (χ1v) is 13.4. The summed E-state index contributed by atoms with van der Waals surface area (Å²) in [6.07, 6.45) is 3.92. The minimum atomic E-state index is -2.98. The Morgan fingerprint density at radius 2 is 1.84 bits per heavy atom. The molecule has 3 heterocycles. The SMILES string of the molecule is Cc1nn([C@H]2CCS(=O)(=O)C2)c(C)c1CN(C)[C@@H](C(=O)N1CCCCC1)c1ccccc1. The molecule has 0 N–H and O–H groups in total. The molecule has 0 radical (unpaired) electrons. The van der Waals surface area contributed by atoms with Crippen LogP contribution in [0.3, 0.4) is 0 Å². The summed E-state index contributed by atoms with van der Waals surface area (Å²) in [5.74, 6) is 0.540.